The first-order chi connectivity index (χ1) is 13.7. The summed E-state index contributed by atoms with van der Waals surface area (Å²) in [4.78, 5) is 39.0. The number of fused-ring (bicyclic) bond motifs is 1. The Labute approximate surface area is 178 Å². The monoisotopic (exact) mass is 434 g/mol. The Balaban J connectivity index is 1.73. The van der Waals surface area contributed by atoms with E-state index in [1.807, 2.05) is 38.1 Å². The molecule has 0 aliphatic carbocycles. The van der Waals surface area contributed by atoms with Crippen LogP contribution in [0.5, 0.6) is 5.75 Å². The van der Waals surface area contributed by atoms with Crippen LogP contribution in [-0.4, -0.2) is 35.3 Å². The normalized spacial score (nSPS) is 15.1. The van der Waals surface area contributed by atoms with Crippen LogP contribution in [0, 0.1) is 0 Å². The molecule has 2 aromatic rings. The van der Waals surface area contributed by atoms with Crippen molar-refractivity contribution in [2.24, 2.45) is 0 Å². The molecular weight excluding hydrogens is 415 g/mol. The van der Waals surface area contributed by atoms with E-state index in [4.69, 9.17) is 27.9 Å². The van der Waals surface area contributed by atoms with Crippen LogP contribution in [0.2, 0.25) is 10.0 Å². The minimum absolute atomic E-state index is 0.142. The molecule has 0 spiro atoms. The molecule has 1 heterocycles. The summed E-state index contributed by atoms with van der Waals surface area (Å²) < 4.78 is 5.41. The van der Waals surface area contributed by atoms with Crippen molar-refractivity contribution < 1.29 is 19.1 Å². The van der Waals surface area contributed by atoms with Crippen molar-refractivity contribution in [3.63, 3.8) is 0 Å². The van der Waals surface area contributed by atoms with Crippen LogP contribution < -0.4 is 10.1 Å². The van der Waals surface area contributed by atoms with E-state index in [1.165, 1.54) is 19.1 Å². The predicted octanol–water partition coefficient (Wildman–Crippen LogP) is 4.25. The first-order valence-electron chi connectivity index (χ1n) is 9.14. The number of imide groups is 1. The lowest BCUT2D eigenvalue weighted by atomic mass is 10.1. The zero-order valence-electron chi connectivity index (χ0n) is 16.2. The number of benzene rings is 2. The summed E-state index contributed by atoms with van der Waals surface area (Å²) in [6.45, 7) is 5.80. The molecule has 3 amide bonds. The molecular formula is C21H20Cl2N2O4. The molecule has 1 N–H and O–H groups in total. The molecule has 2 aromatic carbocycles. The maximum atomic E-state index is 12.7. The summed E-state index contributed by atoms with van der Waals surface area (Å²) in [6, 6.07) is 8.74. The third-order valence-corrected chi connectivity index (χ3v) is 5.50. The van der Waals surface area contributed by atoms with E-state index in [-0.39, 0.29) is 27.2 Å². The molecule has 2 unspecified atom stereocenters. The zero-order valence-corrected chi connectivity index (χ0v) is 17.7. The van der Waals surface area contributed by atoms with Gasteiger partial charge in [-0.1, -0.05) is 35.3 Å². The smallest absolute Gasteiger partial charge is 0.262 e. The Morgan fingerprint density at radius 2 is 1.55 bits per heavy atom. The average Bonchev–Trinajstić information content (AvgIpc) is 2.92. The van der Waals surface area contributed by atoms with Gasteiger partial charge in [0.05, 0.1) is 33.8 Å². The van der Waals surface area contributed by atoms with Gasteiger partial charge >= 0.3 is 0 Å². The summed E-state index contributed by atoms with van der Waals surface area (Å²) in [5.41, 5.74) is 1.15. The van der Waals surface area contributed by atoms with Crippen LogP contribution in [0.15, 0.2) is 36.4 Å². The largest absolute Gasteiger partial charge is 0.494 e. The second-order valence-electron chi connectivity index (χ2n) is 6.70. The van der Waals surface area contributed by atoms with E-state index in [0.717, 1.165) is 16.2 Å². The van der Waals surface area contributed by atoms with Gasteiger partial charge < -0.3 is 10.1 Å². The molecule has 0 aromatic heterocycles. The molecule has 3 rings (SSSR count). The lowest BCUT2D eigenvalue weighted by Gasteiger charge is -2.24. The SMILES string of the molecule is CCOc1ccc(C(C)NC(=O)C(C)N2C(=O)c3cc(Cl)c(Cl)cc3C2=O)cc1. The number of halogens is 2. The Bertz CT molecular complexity index is 934. The molecule has 29 heavy (non-hydrogen) atoms. The fraction of sp³-hybridized carbons (Fsp3) is 0.286. The van der Waals surface area contributed by atoms with Gasteiger partial charge in [-0.2, -0.15) is 0 Å². The Hall–Kier alpha value is -2.57. The maximum absolute atomic E-state index is 12.7. The first kappa shape index (κ1) is 21.1. The molecule has 0 saturated heterocycles. The van der Waals surface area contributed by atoms with Crippen LogP contribution in [0.3, 0.4) is 0 Å². The van der Waals surface area contributed by atoms with Gasteiger partial charge in [-0.3, -0.25) is 19.3 Å². The predicted molar refractivity (Wildman–Crippen MR) is 111 cm³/mol. The van der Waals surface area contributed by atoms with Gasteiger partial charge in [0.25, 0.3) is 11.8 Å². The van der Waals surface area contributed by atoms with Gasteiger partial charge in [0.2, 0.25) is 5.91 Å². The van der Waals surface area contributed by atoms with E-state index >= 15 is 0 Å². The van der Waals surface area contributed by atoms with Crippen molar-refractivity contribution in [1.29, 1.82) is 0 Å². The second kappa shape index (κ2) is 8.43. The quantitative estimate of drug-likeness (QED) is 0.689. The third kappa shape index (κ3) is 4.09. The van der Waals surface area contributed by atoms with E-state index in [1.54, 1.807) is 0 Å². The average molecular weight is 435 g/mol. The molecule has 0 bridgehead atoms. The van der Waals surface area contributed by atoms with Crippen molar-refractivity contribution in [2.45, 2.75) is 32.9 Å². The highest BCUT2D eigenvalue weighted by molar-refractivity contribution is 6.43. The Morgan fingerprint density at radius 3 is 2.03 bits per heavy atom. The van der Waals surface area contributed by atoms with Gasteiger partial charge in [-0.25, -0.2) is 0 Å². The molecule has 2 atom stereocenters. The molecule has 1 aliphatic rings. The summed E-state index contributed by atoms with van der Waals surface area (Å²) >= 11 is 11.9. The summed E-state index contributed by atoms with van der Waals surface area (Å²) in [6.07, 6.45) is 0. The Kier molecular flexibility index (Phi) is 6.15. The first-order valence-corrected chi connectivity index (χ1v) is 9.90. The third-order valence-electron chi connectivity index (χ3n) is 4.78. The van der Waals surface area contributed by atoms with Crippen molar-refractivity contribution in [3.05, 3.63) is 63.1 Å². The van der Waals surface area contributed by atoms with Gasteiger partial charge in [-0.05, 0) is 50.6 Å². The van der Waals surface area contributed by atoms with E-state index in [2.05, 4.69) is 5.32 Å². The highest BCUT2D eigenvalue weighted by Gasteiger charge is 2.41. The van der Waals surface area contributed by atoms with E-state index in [0.29, 0.717) is 6.61 Å². The highest BCUT2D eigenvalue weighted by Crippen LogP contribution is 2.32. The number of hydrogen-bond donors (Lipinski definition) is 1. The number of hydrogen-bond acceptors (Lipinski definition) is 4. The van der Waals surface area contributed by atoms with Gasteiger partial charge in [0.1, 0.15) is 11.8 Å². The van der Waals surface area contributed by atoms with Crippen LogP contribution in [0.1, 0.15) is 53.1 Å². The zero-order chi connectivity index (χ0) is 21.3. The highest BCUT2D eigenvalue weighted by atomic mass is 35.5. The van der Waals surface area contributed by atoms with Gasteiger partial charge in [0.15, 0.2) is 0 Å². The van der Waals surface area contributed by atoms with E-state index < -0.39 is 23.8 Å². The number of nitrogens with one attached hydrogen (secondary N) is 1. The number of carbonyl (C=O) groups excluding carboxylic acids is 3. The van der Waals surface area contributed by atoms with Crippen LogP contribution in [0.4, 0.5) is 0 Å². The summed E-state index contributed by atoms with van der Waals surface area (Å²) in [7, 11) is 0. The lowest BCUT2D eigenvalue weighted by Crippen LogP contribution is -2.48. The minimum atomic E-state index is -0.995. The van der Waals surface area contributed by atoms with Gasteiger partial charge in [0, 0.05) is 0 Å². The van der Waals surface area contributed by atoms with Crippen LogP contribution in [-0.2, 0) is 4.79 Å². The second-order valence-corrected chi connectivity index (χ2v) is 7.51. The topological polar surface area (TPSA) is 75.7 Å². The number of carbonyl (C=O) groups is 3. The minimum Gasteiger partial charge on any atom is -0.494 e. The maximum Gasteiger partial charge on any atom is 0.262 e. The summed E-state index contributed by atoms with van der Waals surface area (Å²) in [5, 5.41) is 3.19. The van der Waals surface area contributed by atoms with Crippen molar-refractivity contribution in [2.75, 3.05) is 6.61 Å². The number of ether oxygens (including phenoxy) is 1. The van der Waals surface area contributed by atoms with Gasteiger partial charge in [-0.15, -0.1) is 0 Å². The number of rotatable bonds is 6. The lowest BCUT2D eigenvalue weighted by molar-refractivity contribution is -0.125. The fourth-order valence-corrected chi connectivity index (χ4v) is 3.49. The van der Waals surface area contributed by atoms with Crippen LogP contribution in [0.25, 0.3) is 0 Å². The molecule has 0 saturated carbocycles. The number of amides is 3. The number of nitrogens with zero attached hydrogens (tertiary/aromatic N) is 1. The van der Waals surface area contributed by atoms with Crippen molar-refractivity contribution in [3.8, 4) is 5.75 Å². The van der Waals surface area contributed by atoms with E-state index in [9.17, 15) is 14.4 Å². The molecule has 8 heteroatoms. The van der Waals surface area contributed by atoms with Crippen LogP contribution >= 0.6 is 23.2 Å². The van der Waals surface area contributed by atoms with Crippen molar-refractivity contribution in [1.82, 2.24) is 10.2 Å². The molecule has 1 aliphatic heterocycles. The van der Waals surface area contributed by atoms with Crippen molar-refractivity contribution >= 4 is 40.9 Å². The summed E-state index contributed by atoms with van der Waals surface area (Å²) in [5.74, 6) is -0.843. The molecule has 6 nitrogen and oxygen atoms in total. The molecule has 0 fully saturated rings. The Morgan fingerprint density at radius 1 is 1.03 bits per heavy atom. The molecule has 0 radical (unpaired) electrons. The molecule has 152 valence electrons. The standard InChI is InChI=1S/C21H20Cl2N2O4/c1-4-29-14-7-5-13(6-8-14)11(2)24-19(26)12(3)25-20(27)15-9-17(22)18(23)10-16(15)21(25)28/h5-12H,4H2,1-3H3,(H,24,26). The fourth-order valence-electron chi connectivity index (χ4n) is 3.16.